The Morgan fingerprint density at radius 3 is 2.91 bits per heavy atom. The van der Waals surface area contributed by atoms with Gasteiger partial charge in [-0.3, -0.25) is 9.79 Å². The molecule has 1 amide bonds. The number of amides is 1. The highest BCUT2D eigenvalue weighted by Crippen LogP contribution is 2.19. The Kier molecular flexibility index (Phi) is 7.39. The lowest BCUT2D eigenvalue weighted by molar-refractivity contribution is -0.121. The number of rotatable bonds is 9. The van der Waals surface area contributed by atoms with Gasteiger partial charge in [-0.15, -0.1) is 0 Å². The lowest BCUT2D eigenvalue weighted by Crippen LogP contribution is -2.38. The summed E-state index contributed by atoms with van der Waals surface area (Å²) >= 11 is 1.72. The maximum Gasteiger partial charge on any atom is 0.220 e. The van der Waals surface area contributed by atoms with Crippen molar-refractivity contribution in [1.29, 1.82) is 0 Å². The van der Waals surface area contributed by atoms with E-state index in [-0.39, 0.29) is 5.91 Å². The van der Waals surface area contributed by atoms with Crippen LogP contribution in [0.25, 0.3) is 0 Å². The monoisotopic (exact) mass is 336 g/mol. The minimum atomic E-state index is 0.169. The van der Waals surface area contributed by atoms with Crippen LogP contribution < -0.4 is 16.0 Å². The largest absolute Gasteiger partial charge is 0.357 e. The molecule has 1 fully saturated rings. The third-order valence-electron chi connectivity index (χ3n) is 3.80. The molecular weight excluding hydrogens is 308 g/mol. The number of aliphatic imine (C=N–C) groups is 1. The zero-order valence-corrected chi connectivity index (χ0v) is 14.9. The topological polar surface area (TPSA) is 65.5 Å². The molecule has 1 saturated carbocycles. The Morgan fingerprint density at radius 1 is 1.43 bits per heavy atom. The van der Waals surface area contributed by atoms with Crippen LogP contribution in [-0.4, -0.2) is 37.5 Å². The van der Waals surface area contributed by atoms with Gasteiger partial charge in [0.05, 0.1) is 0 Å². The second-order valence-electron chi connectivity index (χ2n) is 6.05. The number of nitrogens with one attached hydrogen (secondary N) is 3. The molecule has 1 aromatic rings. The first-order valence-corrected chi connectivity index (χ1v) is 9.47. The summed E-state index contributed by atoms with van der Waals surface area (Å²) in [6, 6.07) is 2.61. The minimum absolute atomic E-state index is 0.169. The predicted molar refractivity (Wildman–Crippen MR) is 97.1 cm³/mol. The molecule has 0 saturated heterocycles. The lowest BCUT2D eigenvalue weighted by Gasteiger charge is -2.13. The maximum absolute atomic E-state index is 11.6. The fourth-order valence-electron chi connectivity index (χ4n) is 2.21. The summed E-state index contributed by atoms with van der Waals surface area (Å²) in [5, 5.41) is 13.9. The van der Waals surface area contributed by atoms with Gasteiger partial charge >= 0.3 is 0 Å². The van der Waals surface area contributed by atoms with Crippen LogP contribution in [0.4, 0.5) is 0 Å². The molecule has 128 valence electrons. The van der Waals surface area contributed by atoms with Crippen molar-refractivity contribution in [3.05, 3.63) is 22.4 Å². The van der Waals surface area contributed by atoms with Crippen LogP contribution in [-0.2, 0) is 4.79 Å². The van der Waals surface area contributed by atoms with Gasteiger partial charge in [0.2, 0.25) is 5.91 Å². The molecule has 0 radical (unpaired) electrons. The third kappa shape index (κ3) is 7.03. The standard InChI is InChI=1S/C17H28N4OS/c1-3-18-17(20-11-13(2)14-8-10-23-12-14)19-9-4-5-16(22)21-15-6-7-15/h8,10,12-13,15H,3-7,9,11H2,1-2H3,(H,21,22)(H2,18,19,20). The number of nitrogens with zero attached hydrogens (tertiary/aromatic N) is 1. The van der Waals surface area contributed by atoms with E-state index in [0.717, 1.165) is 44.9 Å². The summed E-state index contributed by atoms with van der Waals surface area (Å²) in [5.41, 5.74) is 1.34. The van der Waals surface area contributed by atoms with Crippen LogP contribution in [0.2, 0.25) is 0 Å². The Bertz CT molecular complexity index is 497. The van der Waals surface area contributed by atoms with Crippen LogP contribution in [0.15, 0.2) is 21.8 Å². The summed E-state index contributed by atoms with van der Waals surface area (Å²) in [6.07, 6.45) is 3.68. The summed E-state index contributed by atoms with van der Waals surface area (Å²) in [4.78, 5) is 16.3. The van der Waals surface area contributed by atoms with Gasteiger partial charge in [-0.2, -0.15) is 11.3 Å². The van der Waals surface area contributed by atoms with Crippen LogP contribution in [0, 0.1) is 0 Å². The normalized spacial score (nSPS) is 16.0. The van der Waals surface area contributed by atoms with Crippen molar-refractivity contribution in [2.24, 2.45) is 4.99 Å². The second-order valence-corrected chi connectivity index (χ2v) is 6.83. The van der Waals surface area contributed by atoms with E-state index in [2.05, 4.69) is 51.6 Å². The van der Waals surface area contributed by atoms with Gasteiger partial charge in [-0.25, -0.2) is 0 Å². The molecule has 3 N–H and O–H groups in total. The van der Waals surface area contributed by atoms with E-state index in [9.17, 15) is 4.79 Å². The number of thiophene rings is 1. The Hall–Kier alpha value is -1.56. The van der Waals surface area contributed by atoms with Crippen molar-refractivity contribution in [1.82, 2.24) is 16.0 Å². The van der Waals surface area contributed by atoms with Crippen LogP contribution in [0.3, 0.4) is 0 Å². The fraction of sp³-hybridized carbons (Fsp3) is 0.647. The summed E-state index contributed by atoms with van der Waals surface area (Å²) in [6.45, 7) is 6.60. The summed E-state index contributed by atoms with van der Waals surface area (Å²) in [5.74, 6) is 1.42. The van der Waals surface area contributed by atoms with Crippen molar-refractivity contribution in [3.63, 3.8) is 0 Å². The Balaban J connectivity index is 1.67. The van der Waals surface area contributed by atoms with Crippen LogP contribution in [0.1, 0.15) is 51.0 Å². The summed E-state index contributed by atoms with van der Waals surface area (Å²) < 4.78 is 0. The zero-order chi connectivity index (χ0) is 16.5. The first-order chi connectivity index (χ1) is 11.2. The van der Waals surface area contributed by atoms with Crippen molar-refractivity contribution in [2.75, 3.05) is 19.6 Å². The van der Waals surface area contributed by atoms with E-state index < -0.39 is 0 Å². The molecule has 1 unspecified atom stereocenters. The van der Waals surface area contributed by atoms with E-state index in [4.69, 9.17) is 0 Å². The predicted octanol–water partition coefficient (Wildman–Crippen LogP) is 2.47. The van der Waals surface area contributed by atoms with Crippen molar-refractivity contribution >= 4 is 23.2 Å². The van der Waals surface area contributed by atoms with Gasteiger partial charge in [-0.05, 0) is 48.6 Å². The average Bonchev–Trinajstić information content (AvgIpc) is 3.17. The van der Waals surface area contributed by atoms with E-state index in [1.807, 2.05) is 0 Å². The zero-order valence-electron chi connectivity index (χ0n) is 14.1. The lowest BCUT2D eigenvalue weighted by atomic mass is 10.1. The smallest absolute Gasteiger partial charge is 0.220 e. The molecule has 1 aliphatic carbocycles. The van der Waals surface area contributed by atoms with E-state index in [1.165, 1.54) is 5.56 Å². The van der Waals surface area contributed by atoms with Crippen LogP contribution >= 0.6 is 11.3 Å². The van der Waals surface area contributed by atoms with Gasteiger partial charge in [0.15, 0.2) is 5.96 Å². The van der Waals surface area contributed by atoms with Crippen molar-refractivity contribution < 1.29 is 4.79 Å². The van der Waals surface area contributed by atoms with Gasteiger partial charge < -0.3 is 16.0 Å². The molecule has 2 rings (SSSR count). The third-order valence-corrected chi connectivity index (χ3v) is 4.50. The molecule has 0 aromatic carbocycles. The van der Waals surface area contributed by atoms with Gasteiger partial charge in [0.25, 0.3) is 0 Å². The van der Waals surface area contributed by atoms with Gasteiger partial charge in [-0.1, -0.05) is 6.92 Å². The van der Waals surface area contributed by atoms with Gasteiger partial charge in [0.1, 0.15) is 0 Å². The summed E-state index contributed by atoms with van der Waals surface area (Å²) in [7, 11) is 0. The quantitative estimate of drug-likeness (QED) is 0.369. The highest BCUT2D eigenvalue weighted by Gasteiger charge is 2.22. The van der Waals surface area contributed by atoms with E-state index in [1.54, 1.807) is 11.3 Å². The first-order valence-electron chi connectivity index (χ1n) is 8.52. The fourth-order valence-corrected chi connectivity index (χ4v) is 3.00. The molecule has 6 heteroatoms. The molecule has 0 bridgehead atoms. The SMILES string of the molecule is CCNC(=NCC(C)c1ccsc1)NCCCC(=O)NC1CC1. The molecule has 0 aliphatic heterocycles. The highest BCUT2D eigenvalue weighted by molar-refractivity contribution is 7.07. The average molecular weight is 337 g/mol. The van der Waals surface area contributed by atoms with E-state index >= 15 is 0 Å². The molecule has 0 spiro atoms. The van der Waals surface area contributed by atoms with Crippen LogP contribution in [0.5, 0.6) is 0 Å². The number of carbonyl (C=O) groups is 1. The first kappa shape index (κ1) is 17.8. The minimum Gasteiger partial charge on any atom is -0.357 e. The van der Waals surface area contributed by atoms with Crippen molar-refractivity contribution in [2.45, 2.75) is 51.5 Å². The van der Waals surface area contributed by atoms with Crippen molar-refractivity contribution in [3.8, 4) is 0 Å². The molecular formula is C17H28N4OS. The molecule has 1 aliphatic rings. The second kappa shape index (κ2) is 9.55. The Labute approximate surface area is 143 Å². The number of guanidine groups is 1. The molecule has 5 nitrogen and oxygen atoms in total. The molecule has 1 atom stereocenters. The molecule has 1 aromatic heterocycles. The molecule has 23 heavy (non-hydrogen) atoms. The molecule has 1 heterocycles. The maximum atomic E-state index is 11.6. The number of hydrogen-bond acceptors (Lipinski definition) is 3. The Morgan fingerprint density at radius 2 is 2.26 bits per heavy atom. The number of hydrogen-bond donors (Lipinski definition) is 3. The highest BCUT2D eigenvalue weighted by atomic mass is 32.1. The van der Waals surface area contributed by atoms with Gasteiger partial charge in [0, 0.05) is 38.0 Å². The number of carbonyl (C=O) groups excluding carboxylic acids is 1. The van der Waals surface area contributed by atoms with E-state index in [0.29, 0.717) is 18.4 Å².